The Bertz CT molecular complexity index is 675. The number of carbonyl (C=O) groups is 1. The highest BCUT2D eigenvalue weighted by Gasteiger charge is 2.44. The fourth-order valence-corrected chi connectivity index (χ4v) is 4.61. The molecule has 2 heterocycles. The zero-order chi connectivity index (χ0) is 18.0. The molecule has 9 heteroatoms. The van der Waals surface area contributed by atoms with E-state index in [-0.39, 0.29) is 11.7 Å². The minimum atomic E-state index is -3.24. The van der Waals surface area contributed by atoms with Crippen LogP contribution in [0, 0.1) is 0 Å². The summed E-state index contributed by atoms with van der Waals surface area (Å²) in [4.78, 5) is 14.4. The molecule has 136 valence electrons. The van der Waals surface area contributed by atoms with Crippen LogP contribution in [0.1, 0.15) is 26.2 Å². The highest BCUT2D eigenvalue weighted by Crippen LogP contribution is 2.30. The van der Waals surface area contributed by atoms with Crippen LogP contribution in [-0.2, 0) is 21.9 Å². The molecule has 0 unspecified atom stereocenters. The van der Waals surface area contributed by atoms with Gasteiger partial charge in [-0.3, -0.25) is 9.48 Å². The van der Waals surface area contributed by atoms with Gasteiger partial charge in [0.2, 0.25) is 15.9 Å². The summed E-state index contributed by atoms with van der Waals surface area (Å²) in [6.07, 6.45) is 3.11. The number of carbonyl (C=O) groups excluding carboxylic acids is 1. The monoisotopic (exact) mass is 357 g/mol. The maximum Gasteiger partial charge on any atom is 0.247 e. The first-order valence-corrected chi connectivity index (χ1v) is 9.78. The Morgan fingerprint density at radius 3 is 2.46 bits per heavy atom. The van der Waals surface area contributed by atoms with E-state index in [4.69, 9.17) is 0 Å². The molecule has 1 aromatic rings. The lowest BCUT2D eigenvalue weighted by Gasteiger charge is -2.42. The topological polar surface area (TPSA) is 87.5 Å². The number of aromatic nitrogens is 2. The summed E-state index contributed by atoms with van der Waals surface area (Å²) < 4.78 is 27.7. The first kappa shape index (κ1) is 18.7. The number of hydrogen-bond donors (Lipinski definition) is 1. The Hall–Kier alpha value is -1.61. The second-order valence-corrected chi connectivity index (χ2v) is 8.55. The van der Waals surface area contributed by atoms with Gasteiger partial charge in [0.1, 0.15) is 11.4 Å². The molecular weight excluding hydrogens is 330 g/mol. The Balaban J connectivity index is 2.22. The third kappa shape index (κ3) is 3.72. The van der Waals surface area contributed by atoms with Crippen LogP contribution in [0.2, 0.25) is 0 Å². The summed E-state index contributed by atoms with van der Waals surface area (Å²) in [5.41, 5.74) is -0.810. The van der Waals surface area contributed by atoms with E-state index in [1.54, 1.807) is 36.9 Å². The Kier molecular flexibility index (Phi) is 5.54. The molecule has 24 heavy (non-hydrogen) atoms. The second-order valence-electron chi connectivity index (χ2n) is 6.46. The average molecular weight is 357 g/mol. The molecule has 1 aliphatic heterocycles. The van der Waals surface area contributed by atoms with Crippen LogP contribution < -0.4 is 5.32 Å². The third-order valence-corrected chi connectivity index (χ3v) is 6.51. The molecule has 0 aliphatic carbocycles. The summed E-state index contributed by atoms with van der Waals surface area (Å²) in [7, 11) is 2.00. The highest BCUT2D eigenvalue weighted by atomic mass is 32.2. The molecule has 0 bridgehead atoms. The van der Waals surface area contributed by atoms with E-state index in [0.29, 0.717) is 32.4 Å². The molecule has 0 aromatic carbocycles. The van der Waals surface area contributed by atoms with Crippen LogP contribution in [0.3, 0.4) is 0 Å². The van der Waals surface area contributed by atoms with Crippen molar-refractivity contribution in [3.63, 3.8) is 0 Å². The van der Waals surface area contributed by atoms with Gasteiger partial charge in [-0.1, -0.05) is 6.92 Å². The first-order chi connectivity index (χ1) is 11.2. The van der Waals surface area contributed by atoms with E-state index >= 15 is 0 Å². The number of nitrogens with zero attached hydrogens (tertiary/aromatic N) is 4. The summed E-state index contributed by atoms with van der Waals surface area (Å²) in [6.45, 7) is 2.53. The van der Waals surface area contributed by atoms with Crippen LogP contribution in [0.25, 0.3) is 0 Å². The predicted molar refractivity (Wildman–Crippen MR) is 93.1 cm³/mol. The number of rotatable bonds is 6. The molecule has 0 saturated carbocycles. The van der Waals surface area contributed by atoms with Crippen molar-refractivity contribution >= 4 is 21.7 Å². The molecular formula is C15H27N5O3S. The van der Waals surface area contributed by atoms with E-state index < -0.39 is 15.6 Å². The Morgan fingerprint density at radius 2 is 2.00 bits per heavy atom. The van der Waals surface area contributed by atoms with Crippen molar-refractivity contribution in [3.05, 3.63) is 12.3 Å². The number of sulfonamides is 1. The van der Waals surface area contributed by atoms with Gasteiger partial charge in [-0.15, -0.1) is 0 Å². The lowest BCUT2D eigenvalue weighted by molar-refractivity contribution is -0.134. The van der Waals surface area contributed by atoms with Crippen molar-refractivity contribution in [2.24, 2.45) is 7.05 Å². The first-order valence-electron chi connectivity index (χ1n) is 8.17. The summed E-state index contributed by atoms with van der Waals surface area (Å²) in [5.74, 6) is 0.850. The van der Waals surface area contributed by atoms with Crippen molar-refractivity contribution in [2.45, 2.75) is 31.7 Å². The molecule has 1 N–H and O–H groups in total. The SMILES string of the molecule is CCCS(=O)(=O)N1CCC(Nc2ccnn2C)(C(=O)N(C)C)CC1. The molecule has 1 aliphatic rings. The molecule has 1 fully saturated rings. The maximum absolute atomic E-state index is 12.8. The molecule has 2 rings (SSSR count). The van der Waals surface area contributed by atoms with Gasteiger partial charge in [0.15, 0.2) is 0 Å². The fraction of sp³-hybridized carbons (Fsp3) is 0.733. The van der Waals surface area contributed by atoms with Gasteiger partial charge in [-0.25, -0.2) is 12.7 Å². The van der Waals surface area contributed by atoms with Gasteiger partial charge in [0.05, 0.1) is 11.9 Å². The smallest absolute Gasteiger partial charge is 0.247 e. The number of aryl methyl sites for hydroxylation is 1. The van der Waals surface area contributed by atoms with Gasteiger partial charge < -0.3 is 10.2 Å². The van der Waals surface area contributed by atoms with E-state index in [0.717, 1.165) is 5.82 Å². The van der Waals surface area contributed by atoms with Crippen LogP contribution in [0.4, 0.5) is 5.82 Å². The number of likely N-dealkylation sites (N-methyl/N-ethyl adjacent to an activating group) is 1. The molecule has 0 radical (unpaired) electrons. The number of anilines is 1. The van der Waals surface area contributed by atoms with E-state index in [1.807, 2.05) is 13.0 Å². The summed E-state index contributed by atoms with van der Waals surface area (Å²) in [5, 5.41) is 7.43. The predicted octanol–water partition coefficient (Wildman–Crippen LogP) is 0.495. The normalized spacial score (nSPS) is 18.3. The maximum atomic E-state index is 12.8. The van der Waals surface area contributed by atoms with Crippen LogP contribution in [-0.4, -0.2) is 71.8 Å². The van der Waals surface area contributed by atoms with Gasteiger partial charge in [0.25, 0.3) is 0 Å². The van der Waals surface area contributed by atoms with Gasteiger partial charge in [0, 0.05) is 40.3 Å². The summed E-state index contributed by atoms with van der Waals surface area (Å²) in [6, 6.07) is 1.81. The minimum absolute atomic E-state index is 0.0451. The highest BCUT2D eigenvalue weighted by molar-refractivity contribution is 7.89. The average Bonchev–Trinajstić information content (AvgIpc) is 2.91. The standard InChI is InChI=1S/C15H27N5O3S/c1-5-12-24(22,23)20-10-7-15(8-11-20,14(21)18(2)3)17-13-6-9-16-19(13)4/h6,9,17H,5,7-8,10-12H2,1-4H3. The second kappa shape index (κ2) is 7.10. The number of piperidine rings is 1. The number of amides is 1. The third-order valence-electron chi connectivity index (χ3n) is 4.44. The lowest BCUT2D eigenvalue weighted by atomic mass is 9.86. The van der Waals surface area contributed by atoms with E-state index in [9.17, 15) is 13.2 Å². The largest absolute Gasteiger partial charge is 0.356 e. The zero-order valence-corrected chi connectivity index (χ0v) is 15.6. The van der Waals surface area contributed by atoms with E-state index in [1.165, 1.54) is 4.31 Å². The lowest BCUT2D eigenvalue weighted by Crippen LogP contribution is -2.59. The fourth-order valence-electron chi connectivity index (χ4n) is 3.10. The molecule has 1 aromatic heterocycles. The summed E-state index contributed by atoms with van der Waals surface area (Å²) >= 11 is 0. The van der Waals surface area contributed by atoms with Crippen molar-refractivity contribution in [1.82, 2.24) is 19.0 Å². The van der Waals surface area contributed by atoms with Crippen molar-refractivity contribution in [1.29, 1.82) is 0 Å². The van der Waals surface area contributed by atoms with Crippen LogP contribution >= 0.6 is 0 Å². The number of hydrogen-bond acceptors (Lipinski definition) is 5. The molecule has 0 atom stereocenters. The molecule has 1 saturated heterocycles. The van der Waals surface area contributed by atoms with Gasteiger partial charge >= 0.3 is 0 Å². The van der Waals surface area contributed by atoms with Gasteiger partial charge in [-0.2, -0.15) is 5.10 Å². The van der Waals surface area contributed by atoms with Crippen molar-refractivity contribution in [3.8, 4) is 0 Å². The van der Waals surface area contributed by atoms with Crippen LogP contribution in [0.15, 0.2) is 12.3 Å². The zero-order valence-electron chi connectivity index (χ0n) is 14.8. The minimum Gasteiger partial charge on any atom is -0.356 e. The molecule has 1 amide bonds. The Morgan fingerprint density at radius 1 is 1.38 bits per heavy atom. The quantitative estimate of drug-likeness (QED) is 0.801. The molecule has 8 nitrogen and oxygen atoms in total. The van der Waals surface area contributed by atoms with Crippen molar-refractivity contribution in [2.75, 3.05) is 38.3 Å². The van der Waals surface area contributed by atoms with E-state index in [2.05, 4.69) is 10.4 Å². The number of nitrogens with one attached hydrogen (secondary N) is 1. The van der Waals surface area contributed by atoms with Crippen LogP contribution in [0.5, 0.6) is 0 Å². The Labute approximate surface area is 143 Å². The molecule has 0 spiro atoms. The van der Waals surface area contributed by atoms with Gasteiger partial charge in [-0.05, 0) is 19.3 Å². The van der Waals surface area contributed by atoms with Crippen molar-refractivity contribution < 1.29 is 13.2 Å².